The molecule has 0 amide bonds. The van der Waals surface area contributed by atoms with Crippen molar-refractivity contribution < 1.29 is 17.9 Å². The van der Waals surface area contributed by atoms with E-state index in [9.17, 15) is 13.2 Å². The second kappa shape index (κ2) is 6.00. The summed E-state index contributed by atoms with van der Waals surface area (Å²) in [4.78, 5) is 0. The summed E-state index contributed by atoms with van der Waals surface area (Å²) in [6.07, 6.45) is -0.390. The van der Waals surface area contributed by atoms with Crippen LogP contribution in [0, 0.1) is 5.82 Å². The van der Waals surface area contributed by atoms with E-state index in [2.05, 4.69) is 10.4 Å². The third kappa shape index (κ3) is 2.81. The van der Waals surface area contributed by atoms with Gasteiger partial charge in [-0.3, -0.25) is 4.68 Å². The minimum atomic E-state index is -2.61. The average Bonchev–Trinajstić information content (AvgIpc) is 2.87. The van der Waals surface area contributed by atoms with Crippen LogP contribution in [0.1, 0.15) is 35.7 Å². The van der Waals surface area contributed by atoms with Crippen molar-refractivity contribution in [2.24, 2.45) is 7.05 Å². The van der Waals surface area contributed by atoms with Crippen molar-refractivity contribution in [3.8, 4) is 5.75 Å². The maximum atomic E-state index is 13.7. The standard InChI is InChI=1S/C15H16F3N3O/c1-21-8-9(13(20-21)15(17)18)7-19-12-5-6-22-14-10(12)3-2-4-11(14)16/h2-4,8,12,15,19H,5-7H2,1H3/t12-/m0/s1. The monoisotopic (exact) mass is 311 g/mol. The Morgan fingerprint density at radius 3 is 3.05 bits per heavy atom. The number of halogens is 3. The van der Waals surface area contributed by atoms with Crippen molar-refractivity contribution in [1.82, 2.24) is 15.1 Å². The molecule has 2 heterocycles. The summed E-state index contributed by atoms with van der Waals surface area (Å²) in [5.41, 5.74) is 0.942. The number of para-hydroxylation sites is 1. The first-order chi connectivity index (χ1) is 10.6. The fourth-order valence-electron chi connectivity index (χ4n) is 2.71. The highest BCUT2D eigenvalue weighted by Crippen LogP contribution is 2.34. The molecule has 0 aliphatic carbocycles. The van der Waals surface area contributed by atoms with Gasteiger partial charge in [-0.05, 0) is 6.07 Å². The van der Waals surface area contributed by atoms with Crippen molar-refractivity contribution >= 4 is 0 Å². The van der Waals surface area contributed by atoms with Gasteiger partial charge in [-0.1, -0.05) is 12.1 Å². The lowest BCUT2D eigenvalue weighted by molar-refractivity contribution is 0.143. The fourth-order valence-corrected chi connectivity index (χ4v) is 2.71. The lowest BCUT2D eigenvalue weighted by Crippen LogP contribution is -2.27. The maximum absolute atomic E-state index is 13.7. The van der Waals surface area contributed by atoms with Gasteiger partial charge in [0.1, 0.15) is 5.69 Å². The Balaban J connectivity index is 1.77. The molecule has 7 heteroatoms. The SMILES string of the molecule is Cn1cc(CN[C@H]2CCOc3c(F)cccc32)c(C(F)F)n1. The Hall–Kier alpha value is -2.02. The van der Waals surface area contributed by atoms with E-state index in [4.69, 9.17) is 4.74 Å². The summed E-state index contributed by atoms with van der Waals surface area (Å²) in [7, 11) is 1.61. The summed E-state index contributed by atoms with van der Waals surface area (Å²) in [6, 6.07) is 4.61. The molecule has 1 atom stereocenters. The quantitative estimate of drug-likeness (QED) is 0.943. The molecule has 22 heavy (non-hydrogen) atoms. The molecule has 0 saturated heterocycles. The number of nitrogens with one attached hydrogen (secondary N) is 1. The van der Waals surface area contributed by atoms with Gasteiger partial charge in [0.15, 0.2) is 11.6 Å². The third-order valence-corrected chi connectivity index (χ3v) is 3.71. The zero-order chi connectivity index (χ0) is 15.7. The molecule has 0 fully saturated rings. The van der Waals surface area contributed by atoms with Gasteiger partial charge in [-0.2, -0.15) is 5.10 Å². The molecule has 0 spiro atoms. The van der Waals surface area contributed by atoms with E-state index in [1.807, 2.05) is 0 Å². The first-order valence-electron chi connectivity index (χ1n) is 7.01. The topological polar surface area (TPSA) is 39.1 Å². The Labute approximate surface area is 125 Å². The minimum absolute atomic E-state index is 0.134. The molecule has 0 radical (unpaired) electrons. The van der Waals surface area contributed by atoms with Crippen LogP contribution in [0.5, 0.6) is 5.75 Å². The van der Waals surface area contributed by atoms with Crippen LogP contribution in [0.2, 0.25) is 0 Å². The van der Waals surface area contributed by atoms with Gasteiger partial charge in [-0.25, -0.2) is 13.2 Å². The van der Waals surface area contributed by atoms with Crippen molar-refractivity contribution in [2.45, 2.75) is 25.4 Å². The molecular weight excluding hydrogens is 295 g/mol. The summed E-state index contributed by atoms with van der Waals surface area (Å²) in [5, 5.41) is 6.97. The van der Waals surface area contributed by atoms with Crippen LogP contribution in [0.3, 0.4) is 0 Å². The molecule has 1 aromatic carbocycles. The molecule has 2 aromatic rings. The van der Waals surface area contributed by atoms with Crippen LogP contribution < -0.4 is 10.1 Å². The van der Waals surface area contributed by atoms with E-state index in [0.717, 1.165) is 0 Å². The first-order valence-corrected chi connectivity index (χ1v) is 7.01. The van der Waals surface area contributed by atoms with Gasteiger partial charge in [-0.15, -0.1) is 0 Å². The Morgan fingerprint density at radius 1 is 1.45 bits per heavy atom. The number of alkyl halides is 2. The molecule has 118 valence electrons. The molecule has 1 aliphatic rings. The lowest BCUT2D eigenvalue weighted by Gasteiger charge is -2.27. The van der Waals surface area contributed by atoms with E-state index in [0.29, 0.717) is 24.2 Å². The van der Waals surface area contributed by atoms with Gasteiger partial charge in [0.05, 0.1) is 6.61 Å². The number of benzene rings is 1. The van der Waals surface area contributed by atoms with Crippen LogP contribution in [0.15, 0.2) is 24.4 Å². The highest BCUT2D eigenvalue weighted by molar-refractivity contribution is 5.39. The highest BCUT2D eigenvalue weighted by Gasteiger charge is 2.25. The molecule has 3 rings (SSSR count). The van der Waals surface area contributed by atoms with Crippen molar-refractivity contribution in [3.05, 3.63) is 47.0 Å². The largest absolute Gasteiger partial charge is 0.490 e. The molecular formula is C15H16F3N3O. The number of fused-ring (bicyclic) bond motifs is 1. The predicted octanol–water partition coefficient (Wildman–Crippen LogP) is 3.11. The van der Waals surface area contributed by atoms with Gasteiger partial charge in [0.2, 0.25) is 0 Å². The number of hydrogen-bond acceptors (Lipinski definition) is 3. The second-order valence-electron chi connectivity index (χ2n) is 5.24. The normalized spacial score (nSPS) is 17.4. The van der Waals surface area contributed by atoms with E-state index >= 15 is 0 Å². The van der Waals surface area contributed by atoms with E-state index in [-0.39, 0.29) is 24.0 Å². The van der Waals surface area contributed by atoms with Gasteiger partial charge < -0.3 is 10.1 Å². The zero-order valence-electron chi connectivity index (χ0n) is 12.0. The first kappa shape index (κ1) is 14.9. The van der Waals surface area contributed by atoms with Crippen molar-refractivity contribution in [1.29, 1.82) is 0 Å². The average molecular weight is 311 g/mol. The molecule has 0 unspecified atom stereocenters. The molecule has 1 aliphatic heterocycles. The fraction of sp³-hybridized carbons (Fsp3) is 0.400. The molecule has 0 saturated carbocycles. The summed E-state index contributed by atoms with van der Waals surface area (Å²) in [5.74, 6) is -0.162. The van der Waals surface area contributed by atoms with Gasteiger partial charge in [0, 0.05) is 43.4 Å². The summed E-state index contributed by atoms with van der Waals surface area (Å²) >= 11 is 0. The number of ether oxygens (including phenoxy) is 1. The van der Waals surface area contributed by atoms with E-state index in [1.54, 1.807) is 25.4 Å². The molecule has 1 aromatic heterocycles. The number of rotatable bonds is 4. The number of aromatic nitrogens is 2. The second-order valence-corrected chi connectivity index (χ2v) is 5.24. The van der Waals surface area contributed by atoms with Crippen LogP contribution >= 0.6 is 0 Å². The van der Waals surface area contributed by atoms with Crippen LogP contribution in [0.25, 0.3) is 0 Å². The van der Waals surface area contributed by atoms with E-state index in [1.165, 1.54) is 10.7 Å². The Kier molecular flexibility index (Phi) is 4.06. The summed E-state index contributed by atoms with van der Waals surface area (Å²) in [6.45, 7) is 0.633. The zero-order valence-corrected chi connectivity index (χ0v) is 12.0. The molecule has 0 bridgehead atoms. The molecule has 4 nitrogen and oxygen atoms in total. The van der Waals surface area contributed by atoms with Crippen molar-refractivity contribution in [2.75, 3.05) is 6.61 Å². The molecule has 1 N–H and O–H groups in total. The Bertz CT molecular complexity index is 672. The maximum Gasteiger partial charge on any atom is 0.282 e. The minimum Gasteiger partial charge on any atom is -0.490 e. The van der Waals surface area contributed by atoms with Crippen LogP contribution in [0.4, 0.5) is 13.2 Å². The summed E-state index contributed by atoms with van der Waals surface area (Å²) < 4.78 is 46.3. The highest BCUT2D eigenvalue weighted by atomic mass is 19.3. The smallest absolute Gasteiger partial charge is 0.282 e. The predicted molar refractivity (Wildman–Crippen MR) is 74.3 cm³/mol. The van der Waals surface area contributed by atoms with Crippen LogP contribution in [-0.4, -0.2) is 16.4 Å². The van der Waals surface area contributed by atoms with Crippen molar-refractivity contribution in [3.63, 3.8) is 0 Å². The lowest BCUT2D eigenvalue weighted by atomic mass is 10.00. The number of nitrogens with zero attached hydrogens (tertiary/aromatic N) is 2. The number of aryl methyl sites for hydroxylation is 1. The van der Waals surface area contributed by atoms with Gasteiger partial charge >= 0.3 is 0 Å². The van der Waals surface area contributed by atoms with Crippen LogP contribution in [-0.2, 0) is 13.6 Å². The Morgan fingerprint density at radius 2 is 2.27 bits per heavy atom. The number of hydrogen-bond donors (Lipinski definition) is 1. The van der Waals surface area contributed by atoms with Gasteiger partial charge in [0.25, 0.3) is 6.43 Å². The van der Waals surface area contributed by atoms with E-state index < -0.39 is 12.2 Å². The third-order valence-electron chi connectivity index (χ3n) is 3.71.